The highest BCUT2D eigenvalue weighted by atomic mass is 16.5. The number of hydrogen-bond acceptors (Lipinski definition) is 3. The number of carbonyl (C=O) groups is 1. The van der Waals surface area contributed by atoms with Crippen LogP contribution in [-0.4, -0.2) is 19.6 Å². The lowest BCUT2D eigenvalue weighted by Gasteiger charge is -2.17. The molecular formula is C16H16N4O2. The van der Waals surface area contributed by atoms with Crippen molar-refractivity contribution in [3.63, 3.8) is 0 Å². The molecule has 0 spiro atoms. The van der Waals surface area contributed by atoms with Crippen molar-refractivity contribution in [1.29, 1.82) is 0 Å². The normalized spacial score (nSPS) is 11.1. The molecule has 0 saturated heterocycles. The fourth-order valence-corrected chi connectivity index (χ4v) is 2.02. The van der Waals surface area contributed by atoms with E-state index in [2.05, 4.69) is 15.3 Å². The molecule has 1 N–H and O–H groups in total. The molecule has 0 aromatic heterocycles. The Balaban J connectivity index is 2.15. The molecule has 0 unspecified atom stereocenters. The number of benzene rings is 2. The molecule has 0 bridgehead atoms. The number of methoxy groups -OCH3 is 1. The second-order valence-electron chi connectivity index (χ2n) is 4.58. The Morgan fingerprint density at radius 1 is 1.23 bits per heavy atom. The molecule has 2 rings (SSSR count). The monoisotopic (exact) mass is 296 g/mol. The molecule has 0 heterocycles. The number of azide groups is 1. The predicted molar refractivity (Wildman–Crippen MR) is 83.7 cm³/mol. The fourth-order valence-electron chi connectivity index (χ4n) is 2.02. The lowest BCUT2D eigenvalue weighted by molar-refractivity contribution is 0.0938. The number of ether oxygens (including phenoxy) is 1. The maximum Gasteiger partial charge on any atom is 0.251 e. The van der Waals surface area contributed by atoms with Crippen LogP contribution >= 0.6 is 0 Å². The second kappa shape index (κ2) is 7.71. The first-order valence-corrected chi connectivity index (χ1v) is 6.75. The topological polar surface area (TPSA) is 87.1 Å². The van der Waals surface area contributed by atoms with Crippen molar-refractivity contribution < 1.29 is 9.53 Å². The molecule has 22 heavy (non-hydrogen) atoms. The number of amides is 1. The van der Waals surface area contributed by atoms with Crippen LogP contribution in [-0.2, 0) is 0 Å². The van der Waals surface area contributed by atoms with Crippen LogP contribution < -0.4 is 10.1 Å². The number of nitrogens with zero attached hydrogens (tertiary/aromatic N) is 3. The summed E-state index contributed by atoms with van der Waals surface area (Å²) in [5.74, 6) is 0.454. The van der Waals surface area contributed by atoms with E-state index in [0.717, 1.165) is 5.56 Å². The Morgan fingerprint density at radius 2 is 1.91 bits per heavy atom. The summed E-state index contributed by atoms with van der Waals surface area (Å²) < 4.78 is 5.07. The van der Waals surface area contributed by atoms with Gasteiger partial charge in [-0.3, -0.25) is 4.79 Å². The maximum absolute atomic E-state index is 12.3. The third-order valence-corrected chi connectivity index (χ3v) is 3.19. The molecule has 2 aromatic carbocycles. The Hall–Kier alpha value is -2.98. The van der Waals surface area contributed by atoms with Gasteiger partial charge in [0.1, 0.15) is 5.75 Å². The first-order chi connectivity index (χ1) is 10.7. The van der Waals surface area contributed by atoms with Gasteiger partial charge in [0.15, 0.2) is 0 Å². The Labute approximate surface area is 128 Å². The minimum atomic E-state index is -0.369. The van der Waals surface area contributed by atoms with Crippen molar-refractivity contribution in [3.05, 3.63) is 76.2 Å². The molecule has 0 radical (unpaired) electrons. The number of carbonyl (C=O) groups excluding carboxylic acids is 1. The van der Waals surface area contributed by atoms with Crippen LogP contribution in [0.4, 0.5) is 0 Å². The van der Waals surface area contributed by atoms with Crippen molar-refractivity contribution >= 4 is 5.91 Å². The van der Waals surface area contributed by atoms with Gasteiger partial charge >= 0.3 is 0 Å². The summed E-state index contributed by atoms with van der Waals surface area (Å²) in [5, 5.41) is 6.45. The van der Waals surface area contributed by atoms with E-state index in [0.29, 0.717) is 11.3 Å². The molecule has 0 aliphatic rings. The highest BCUT2D eigenvalue weighted by molar-refractivity contribution is 5.94. The Bertz CT molecular complexity index is 664. The molecule has 0 aliphatic carbocycles. The van der Waals surface area contributed by atoms with Crippen LogP contribution in [0.15, 0.2) is 59.7 Å². The average molecular weight is 296 g/mol. The molecule has 112 valence electrons. The van der Waals surface area contributed by atoms with Crippen LogP contribution in [0.5, 0.6) is 5.75 Å². The predicted octanol–water partition coefficient (Wildman–Crippen LogP) is 3.48. The highest BCUT2D eigenvalue weighted by Gasteiger charge is 2.15. The van der Waals surface area contributed by atoms with Gasteiger partial charge in [-0.15, -0.1) is 0 Å². The quantitative estimate of drug-likeness (QED) is 0.502. The Kier molecular flexibility index (Phi) is 5.40. The minimum absolute atomic E-state index is 0.155. The standard InChI is InChI=1S/C16H16N4O2/c1-22-14-9-7-13(8-10-14)16(21)19-15(11-18-20-17)12-5-3-2-4-6-12/h2-10,15H,11H2,1H3,(H,19,21)/t15-/m0/s1. The number of nitrogens with one attached hydrogen (secondary N) is 1. The highest BCUT2D eigenvalue weighted by Crippen LogP contribution is 2.16. The summed E-state index contributed by atoms with van der Waals surface area (Å²) >= 11 is 0. The largest absolute Gasteiger partial charge is 0.497 e. The molecular weight excluding hydrogens is 280 g/mol. The molecule has 2 aromatic rings. The number of rotatable bonds is 6. The summed E-state index contributed by atoms with van der Waals surface area (Å²) in [6.45, 7) is 0.155. The van der Waals surface area contributed by atoms with Gasteiger partial charge in [0.05, 0.1) is 19.7 Å². The van der Waals surface area contributed by atoms with Crippen LogP contribution in [0.1, 0.15) is 22.0 Å². The van der Waals surface area contributed by atoms with Crippen molar-refractivity contribution in [2.75, 3.05) is 13.7 Å². The van der Waals surface area contributed by atoms with Crippen molar-refractivity contribution in [2.24, 2.45) is 5.11 Å². The van der Waals surface area contributed by atoms with Gasteiger partial charge in [0.2, 0.25) is 0 Å². The Morgan fingerprint density at radius 3 is 2.50 bits per heavy atom. The van der Waals surface area contributed by atoms with Gasteiger partial charge in [0, 0.05) is 10.5 Å². The van der Waals surface area contributed by atoms with E-state index in [1.54, 1.807) is 31.4 Å². The van der Waals surface area contributed by atoms with Crippen LogP contribution in [0.2, 0.25) is 0 Å². The lowest BCUT2D eigenvalue weighted by atomic mass is 10.1. The molecule has 0 aliphatic heterocycles. The van der Waals surface area contributed by atoms with Crippen molar-refractivity contribution in [3.8, 4) is 5.75 Å². The molecule has 0 saturated carbocycles. The first kappa shape index (κ1) is 15.4. The average Bonchev–Trinajstić information content (AvgIpc) is 2.59. The molecule has 6 heteroatoms. The van der Waals surface area contributed by atoms with E-state index >= 15 is 0 Å². The number of hydrogen-bond donors (Lipinski definition) is 1. The van der Waals surface area contributed by atoms with E-state index in [1.807, 2.05) is 30.3 Å². The van der Waals surface area contributed by atoms with Gasteiger partial charge in [-0.1, -0.05) is 35.4 Å². The first-order valence-electron chi connectivity index (χ1n) is 6.75. The minimum Gasteiger partial charge on any atom is -0.497 e. The zero-order valence-corrected chi connectivity index (χ0v) is 12.1. The van der Waals surface area contributed by atoms with E-state index in [4.69, 9.17) is 10.3 Å². The second-order valence-corrected chi connectivity index (χ2v) is 4.58. The third kappa shape index (κ3) is 4.01. The fraction of sp³-hybridized carbons (Fsp3) is 0.188. The summed E-state index contributed by atoms with van der Waals surface area (Å²) in [7, 11) is 1.57. The summed E-state index contributed by atoms with van der Waals surface area (Å²) in [4.78, 5) is 15.1. The molecule has 6 nitrogen and oxygen atoms in total. The molecule has 0 fully saturated rings. The van der Waals surface area contributed by atoms with Gasteiger partial charge in [-0.05, 0) is 35.4 Å². The van der Waals surface area contributed by atoms with Crippen molar-refractivity contribution in [1.82, 2.24) is 5.32 Å². The van der Waals surface area contributed by atoms with Gasteiger partial charge in [0.25, 0.3) is 5.91 Å². The van der Waals surface area contributed by atoms with Crippen LogP contribution in [0.25, 0.3) is 10.4 Å². The van der Waals surface area contributed by atoms with Crippen LogP contribution in [0.3, 0.4) is 0 Å². The maximum atomic E-state index is 12.3. The van der Waals surface area contributed by atoms with E-state index in [9.17, 15) is 4.79 Å². The van der Waals surface area contributed by atoms with Gasteiger partial charge in [-0.2, -0.15) is 0 Å². The van der Waals surface area contributed by atoms with Crippen molar-refractivity contribution in [2.45, 2.75) is 6.04 Å². The third-order valence-electron chi connectivity index (χ3n) is 3.19. The zero-order valence-electron chi connectivity index (χ0n) is 12.1. The van der Waals surface area contributed by atoms with Gasteiger partial charge < -0.3 is 10.1 Å². The van der Waals surface area contributed by atoms with Crippen LogP contribution in [0, 0.1) is 0 Å². The smallest absolute Gasteiger partial charge is 0.251 e. The van der Waals surface area contributed by atoms with E-state index < -0.39 is 0 Å². The summed E-state index contributed by atoms with van der Waals surface area (Å²) in [6.07, 6.45) is 0. The summed E-state index contributed by atoms with van der Waals surface area (Å²) in [6, 6.07) is 15.8. The summed E-state index contributed by atoms with van der Waals surface area (Å²) in [5.41, 5.74) is 9.90. The van der Waals surface area contributed by atoms with E-state index in [1.165, 1.54) is 0 Å². The van der Waals surface area contributed by atoms with E-state index in [-0.39, 0.29) is 18.5 Å². The zero-order chi connectivity index (χ0) is 15.8. The van der Waals surface area contributed by atoms with Gasteiger partial charge in [-0.25, -0.2) is 0 Å². The SMILES string of the molecule is COc1ccc(C(=O)N[C@@H](CN=[N+]=[N-])c2ccccc2)cc1. The lowest BCUT2D eigenvalue weighted by Crippen LogP contribution is -2.30. The molecule has 1 atom stereocenters. The molecule has 1 amide bonds.